The molecule has 0 aliphatic heterocycles. The summed E-state index contributed by atoms with van der Waals surface area (Å²) in [5.74, 6) is 0. The van der Waals surface area contributed by atoms with E-state index in [9.17, 15) is 4.57 Å². The Morgan fingerprint density at radius 2 is 1.50 bits per heavy atom. The van der Waals surface area contributed by atoms with Crippen molar-refractivity contribution < 1.29 is 4.57 Å². The Hall–Kier alpha value is -1.03. The van der Waals surface area contributed by atoms with E-state index < -0.39 is 7.80 Å². The molecule has 0 spiro atoms. The lowest BCUT2D eigenvalue weighted by Gasteiger charge is -2.08. The van der Waals surface area contributed by atoms with Crippen molar-refractivity contribution >= 4 is 26.3 Å². The molecule has 1 nitrogen and oxygen atoms in total. The molecule has 0 heterocycles. The molecule has 0 saturated heterocycles. The Kier molecular flexibility index (Phi) is 5.05. The van der Waals surface area contributed by atoms with Gasteiger partial charge in [0.05, 0.1) is 0 Å². The van der Waals surface area contributed by atoms with Gasteiger partial charge in [0.15, 0.2) is 11.5 Å². The molecular formula is C15H17OP2+. The van der Waals surface area contributed by atoms with Crippen molar-refractivity contribution in [2.24, 2.45) is 0 Å². The lowest BCUT2D eigenvalue weighted by atomic mass is 10.4. The van der Waals surface area contributed by atoms with Crippen molar-refractivity contribution in [3.05, 3.63) is 60.7 Å². The summed E-state index contributed by atoms with van der Waals surface area (Å²) in [5.41, 5.74) is 0. The van der Waals surface area contributed by atoms with Crippen LogP contribution in [0.1, 0.15) is 0 Å². The molecule has 3 heteroatoms. The number of benzene rings is 2. The molecule has 0 aliphatic carbocycles. The zero-order chi connectivity index (χ0) is 12.8. The predicted molar refractivity (Wildman–Crippen MR) is 82.3 cm³/mol. The lowest BCUT2D eigenvalue weighted by Crippen LogP contribution is -2.05. The molecule has 0 amide bonds. The third-order valence-electron chi connectivity index (χ3n) is 2.88. The fourth-order valence-corrected chi connectivity index (χ4v) is 5.40. The first-order chi connectivity index (χ1) is 8.77. The third-order valence-corrected chi connectivity index (χ3v) is 6.81. The van der Waals surface area contributed by atoms with E-state index in [1.54, 1.807) is 0 Å². The topological polar surface area (TPSA) is 17.1 Å². The minimum atomic E-state index is -1.23. The van der Waals surface area contributed by atoms with Crippen molar-refractivity contribution in [2.75, 3.05) is 19.0 Å². The fourth-order valence-electron chi connectivity index (χ4n) is 1.78. The first-order valence-electron chi connectivity index (χ1n) is 6.03. The van der Waals surface area contributed by atoms with Crippen LogP contribution in [0.2, 0.25) is 0 Å². The summed E-state index contributed by atoms with van der Waals surface area (Å²) in [6.07, 6.45) is 1.82. The number of rotatable bonds is 5. The van der Waals surface area contributed by atoms with Crippen LogP contribution >= 0.6 is 15.7 Å². The average molecular weight is 275 g/mol. The van der Waals surface area contributed by atoms with E-state index in [-0.39, 0.29) is 7.92 Å². The van der Waals surface area contributed by atoms with Crippen LogP contribution in [0, 0.1) is 0 Å². The lowest BCUT2D eigenvalue weighted by molar-refractivity contribution is 0.594. The summed E-state index contributed by atoms with van der Waals surface area (Å²) < 4.78 is 12.1. The molecular weight excluding hydrogens is 258 g/mol. The summed E-state index contributed by atoms with van der Waals surface area (Å²) in [5, 5.41) is 2.37. The first kappa shape index (κ1) is 13.4. The average Bonchev–Trinajstić information content (AvgIpc) is 2.46. The summed E-state index contributed by atoms with van der Waals surface area (Å²) >= 11 is 0. The van der Waals surface area contributed by atoms with E-state index in [0.29, 0.717) is 0 Å². The minimum Gasteiger partial charge on any atom is -0.0742 e. The Morgan fingerprint density at radius 3 is 2.11 bits per heavy atom. The van der Waals surface area contributed by atoms with Crippen LogP contribution in [0.3, 0.4) is 0 Å². The first-order valence-corrected chi connectivity index (χ1v) is 9.45. The maximum absolute atomic E-state index is 12.1. The second kappa shape index (κ2) is 6.78. The van der Waals surface area contributed by atoms with Crippen LogP contribution in [-0.4, -0.2) is 19.0 Å². The highest BCUT2D eigenvalue weighted by molar-refractivity contribution is 7.66. The standard InChI is InChI=1S/C15H17OP2/c1-17(14-8-4-2-5-9-14)12-13-18(16)15-10-6-3-7-11-15/h2-11H,12-13H2,1H3/q+1/t17-/m1/s1. The van der Waals surface area contributed by atoms with E-state index in [1.807, 2.05) is 36.4 Å². The highest BCUT2D eigenvalue weighted by atomic mass is 31.1. The number of hydrogen-bond acceptors (Lipinski definition) is 1. The molecule has 0 aliphatic rings. The predicted octanol–water partition coefficient (Wildman–Crippen LogP) is 3.58. The van der Waals surface area contributed by atoms with Gasteiger partial charge in [0.2, 0.25) is 0 Å². The molecule has 0 bridgehead atoms. The van der Waals surface area contributed by atoms with Gasteiger partial charge in [-0.05, 0) is 24.1 Å². The van der Waals surface area contributed by atoms with Gasteiger partial charge in [0.1, 0.15) is 0 Å². The van der Waals surface area contributed by atoms with Gasteiger partial charge in [-0.15, -0.1) is 0 Å². The molecule has 0 N–H and O–H groups in total. The van der Waals surface area contributed by atoms with Gasteiger partial charge in [-0.2, -0.15) is 0 Å². The Balaban J connectivity index is 1.91. The highest BCUT2D eigenvalue weighted by Gasteiger charge is 2.20. The SMILES string of the molecule is C[P@](CC[P+](=O)c1ccccc1)c1ccccc1. The fraction of sp³-hybridized carbons (Fsp3) is 0.200. The summed E-state index contributed by atoms with van der Waals surface area (Å²) in [6, 6.07) is 20.3. The minimum absolute atomic E-state index is 0.182. The zero-order valence-corrected chi connectivity index (χ0v) is 12.3. The molecule has 2 aromatic rings. The van der Waals surface area contributed by atoms with Gasteiger partial charge >= 0.3 is 7.80 Å². The Bertz CT molecular complexity index is 496. The summed E-state index contributed by atoms with van der Waals surface area (Å²) in [6.45, 7) is 2.26. The molecule has 2 rings (SSSR count). The second-order valence-electron chi connectivity index (χ2n) is 4.19. The van der Waals surface area contributed by atoms with Crippen LogP contribution in [-0.2, 0) is 4.57 Å². The van der Waals surface area contributed by atoms with E-state index in [1.165, 1.54) is 5.30 Å². The molecule has 18 heavy (non-hydrogen) atoms. The monoisotopic (exact) mass is 275 g/mol. The van der Waals surface area contributed by atoms with Crippen LogP contribution in [0.25, 0.3) is 0 Å². The van der Waals surface area contributed by atoms with Crippen molar-refractivity contribution in [3.63, 3.8) is 0 Å². The molecule has 0 saturated carbocycles. The van der Waals surface area contributed by atoms with Gasteiger partial charge in [0, 0.05) is 6.16 Å². The summed E-state index contributed by atoms with van der Waals surface area (Å²) in [4.78, 5) is 0. The molecule has 92 valence electrons. The van der Waals surface area contributed by atoms with E-state index in [4.69, 9.17) is 0 Å². The van der Waals surface area contributed by atoms with Crippen LogP contribution in [0.5, 0.6) is 0 Å². The van der Waals surface area contributed by atoms with Crippen LogP contribution in [0.15, 0.2) is 60.7 Å². The molecule has 0 radical (unpaired) electrons. The maximum atomic E-state index is 12.1. The third kappa shape index (κ3) is 3.73. The molecule has 2 aromatic carbocycles. The largest absolute Gasteiger partial charge is 0.377 e. The zero-order valence-electron chi connectivity index (χ0n) is 10.5. The van der Waals surface area contributed by atoms with Crippen LogP contribution in [0.4, 0.5) is 0 Å². The van der Waals surface area contributed by atoms with Crippen molar-refractivity contribution in [1.82, 2.24) is 0 Å². The van der Waals surface area contributed by atoms with Gasteiger partial charge in [-0.25, -0.2) is 0 Å². The quantitative estimate of drug-likeness (QED) is 0.762. The van der Waals surface area contributed by atoms with E-state index in [2.05, 4.69) is 30.9 Å². The summed E-state index contributed by atoms with van der Waals surface area (Å²) in [7, 11) is -1.41. The van der Waals surface area contributed by atoms with Crippen molar-refractivity contribution in [1.29, 1.82) is 0 Å². The van der Waals surface area contributed by atoms with Gasteiger partial charge < -0.3 is 0 Å². The Morgan fingerprint density at radius 1 is 0.944 bits per heavy atom. The van der Waals surface area contributed by atoms with Gasteiger partial charge in [-0.3, -0.25) is 0 Å². The molecule has 0 fully saturated rings. The number of hydrogen-bond donors (Lipinski definition) is 0. The molecule has 0 aromatic heterocycles. The molecule has 1 unspecified atom stereocenters. The normalized spacial score (nSPS) is 13.1. The van der Waals surface area contributed by atoms with Crippen LogP contribution < -0.4 is 10.6 Å². The van der Waals surface area contributed by atoms with E-state index in [0.717, 1.165) is 17.6 Å². The van der Waals surface area contributed by atoms with Gasteiger partial charge in [0.25, 0.3) is 0 Å². The van der Waals surface area contributed by atoms with Crippen molar-refractivity contribution in [3.8, 4) is 0 Å². The van der Waals surface area contributed by atoms with Gasteiger partial charge in [-0.1, -0.05) is 61.0 Å². The second-order valence-corrected chi connectivity index (χ2v) is 8.27. The Labute approximate surface area is 111 Å². The highest BCUT2D eigenvalue weighted by Crippen LogP contribution is 2.33. The smallest absolute Gasteiger partial charge is 0.0742 e. The van der Waals surface area contributed by atoms with E-state index >= 15 is 0 Å². The van der Waals surface area contributed by atoms with Crippen molar-refractivity contribution in [2.45, 2.75) is 0 Å². The molecule has 2 atom stereocenters. The maximum Gasteiger partial charge on any atom is 0.377 e.